The van der Waals surface area contributed by atoms with Gasteiger partial charge in [-0.15, -0.1) is 0 Å². The van der Waals surface area contributed by atoms with Crippen LogP contribution in [0.25, 0.3) is 0 Å². The van der Waals surface area contributed by atoms with E-state index in [1.807, 2.05) is 0 Å². The van der Waals surface area contributed by atoms with Gasteiger partial charge in [-0.1, -0.05) is 0 Å². The summed E-state index contributed by atoms with van der Waals surface area (Å²) >= 11 is 0. The molecular formula is C10H14N4O. The van der Waals surface area contributed by atoms with Gasteiger partial charge in [-0.05, 0) is 6.92 Å². The van der Waals surface area contributed by atoms with Gasteiger partial charge < -0.3 is 4.90 Å². The van der Waals surface area contributed by atoms with E-state index in [9.17, 15) is 4.79 Å². The van der Waals surface area contributed by atoms with Crippen LogP contribution in [0.5, 0.6) is 0 Å². The van der Waals surface area contributed by atoms with Crippen molar-refractivity contribution in [1.82, 2.24) is 14.7 Å². The van der Waals surface area contributed by atoms with Gasteiger partial charge in [0.2, 0.25) is 0 Å². The molecule has 0 bridgehead atoms. The molecule has 80 valence electrons. The van der Waals surface area contributed by atoms with E-state index in [4.69, 9.17) is 5.26 Å². The summed E-state index contributed by atoms with van der Waals surface area (Å²) < 4.78 is 1.58. The molecule has 5 nitrogen and oxygen atoms in total. The molecule has 1 amide bonds. The van der Waals surface area contributed by atoms with E-state index >= 15 is 0 Å². The fraction of sp³-hybridized carbons (Fsp3) is 0.500. The van der Waals surface area contributed by atoms with Crippen molar-refractivity contribution in [3.05, 3.63) is 18.0 Å². The zero-order chi connectivity index (χ0) is 11.4. The molecule has 0 aliphatic rings. The van der Waals surface area contributed by atoms with E-state index in [2.05, 4.69) is 11.2 Å². The lowest BCUT2D eigenvalue weighted by molar-refractivity contribution is 0.0785. The van der Waals surface area contributed by atoms with Crippen molar-refractivity contribution >= 4 is 5.91 Å². The van der Waals surface area contributed by atoms with Crippen molar-refractivity contribution < 1.29 is 4.79 Å². The molecule has 5 heteroatoms. The maximum Gasteiger partial charge on any atom is 0.256 e. The van der Waals surface area contributed by atoms with E-state index in [0.717, 1.165) is 0 Å². The molecule has 0 spiro atoms. The van der Waals surface area contributed by atoms with E-state index in [-0.39, 0.29) is 11.8 Å². The molecule has 15 heavy (non-hydrogen) atoms. The van der Waals surface area contributed by atoms with Crippen molar-refractivity contribution in [3.63, 3.8) is 0 Å². The Morgan fingerprint density at radius 1 is 1.80 bits per heavy atom. The Labute approximate surface area is 88.9 Å². The number of rotatable bonds is 3. The fourth-order valence-electron chi connectivity index (χ4n) is 1.29. The van der Waals surface area contributed by atoms with Crippen molar-refractivity contribution in [1.29, 1.82) is 5.26 Å². The van der Waals surface area contributed by atoms with Crippen LogP contribution < -0.4 is 0 Å². The molecule has 0 N–H and O–H groups in total. The number of hydrogen-bond donors (Lipinski definition) is 0. The van der Waals surface area contributed by atoms with Gasteiger partial charge in [0.15, 0.2) is 0 Å². The molecule has 0 aliphatic carbocycles. The molecule has 1 atom stereocenters. The highest BCUT2D eigenvalue weighted by atomic mass is 16.2. The Morgan fingerprint density at radius 2 is 2.47 bits per heavy atom. The largest absolute Gasteiger partial charge is 0.340 e. The minimum Gasteiger partial charge on any atom is -0.340 e. The zero-order valence-electron chi connectivity index (χ0n) is 9.14. The third kappa shape index (κ3) is 2.81. The van der Waals surface area contributed by atoms with E-state index in [1.165, 1.54) is 11.1 Å². The van der Waals surface area contributed by atoms with Gasteiger partial charge in [0, 0.05) is 26.8 Å². The van der Waals surface area contributed by atoms with Crippen LogP contribution in [0.15, 0.2) is 12.4 Å². The standard InChI is InChI=1S/C10H14N4O/c1-8(4-11)6-13(2)10(15)9-5-12-14(3)7-9/h5,7-8H,6H2,1-3H3. The molecule has 1 unspecified atom stereocenters. The highest BCUT2D eigenvalue weighted by Gasteiger charge is 2.15. The first kappa shape index (κ1) is 11.2. The first-order valence-electron chi connectivity index (χ1n) is 4.68. The second-order valence-corrected chi connectivity index (χ2v) is 3.62. The topological polar surface area (TPSA) is 61.9 Å². The molecule has 0 saturated heterocycles. The summed E-state index contributed by atoms with van der Waals surface area (Å²) in [6, 6.07) is 2.09. The Hall–Kier alpha value is -1.83. The highest BCUT2D eigenvalue weighted by Crippen LogP contribution is 2.04. The van der Waals surface area contributed by atoms with Crippen LogP contribution >= 0.6 is 0 Å². The maximum atomic E-state index is 11.8. The van der Waals surface area contributed by atoms with Gasteiger partial charge in [0.05, 0.1) is 23.7 Å². The smallest absolute Gasteiger partial charge is 0.256 e. The Morgan fingerprint density at radius 3 is 2.93 bits per heavy atom. The minimum absolute atomic E-state index is 0.106. The third-order valence-electron chi connectivity index (χ3n) is 2.07. The average Bonchev–Trinajstić information content (AvgIpc) is 2.63. The lowest BCUT2D eigenvalue weighted by Gasteiger charge is -2.16. The zero-order valence-corrected chi connectivity index (χ0v) is 9.14. The van der Waals surface area contributed by atoms with Gasteiger partial charge in [0.1, 0.15) is 0 Å². The summed E-state index contributed by atoms with van der Waals surface area (Å²) in [7, 11) is 3.44. The van der Waals surface area contributed by atoms with Crippen LogP contribution in [0, 0.1) is 17.2 Å². The number of aryl methyl sites for hydroxylation is 1. The van der Waals surface area contributed by atoms with Crippen molar-refractivity contribution in [2.45, 2.75) is 6.92 Å². The predicted octanol–water partition coefficient (Wildman–Crippen LogP) is 0.652. The predicted molar refractivity (Wildman–Crippen MR) is 54.9 cm³/mol. The molecule has 0 saturated carbocycles. The average molecular weight is 206 g/mol. The molecular weight excluding hydrogens is 192 g/mol. The van der Waals surface area contributed by atoms with Crippen molar-refractivity contribution in [3.8, 4) is 6.07 Å². The number of nitriles is 1. The lowest BCUT2D eigenvalue weighted by atomic mass is 10.2. The van der Waals surface area contributed by atoms with Gasteiger partial charge in [-0.2, -0.15) is 10.4 Å². The van der Waals surface area contributed by atoms with Crippen LogP contribution in [-0.4, -0.2) is 34.2 Å². The van der Waals surface area contributed by atoms with Crippen molar-refractivity contribution in [2.75, 3.05) is 13.6 Å². The number of amides is 1. The number of aromatic nitrogens is 2. The second-order valence-electron chi connectivity index (χ2n) is 3.62. The summed E-state index contributed by atoms with van der Waals surface area (Å²) in [5.41, 5.74) is 0.546. The summed E-state index contributed by atoms with van der Waals surface area (Å²) in [4.78, 5) is 13.3. The summed E-state index contributed by atoms with van der Waals surface area (Å²) in [5.74, 6) is -0.263. The Kier molecular flexibility index (Phi) is 3.45. The minimum atomic E-state index is -0.157. The van der Waals surface area contributed by atoms with Gasteiger partial charge in [0.25, 0.3) is 5.91 Å². The molecule has 0 fully saturated rings. The van der Waals surface area contributed by atoms with Crippen LogP contribution in [-0.2, 0) is 7.05 Å². The number of carbonyl (C=O) groups excluding carboxylic acids is 1. The third-order valence-corrected chi connectivity index (χ3v) is 2.07. The molecule has 1 heterocycles. The SMILES string of the molecule is CC(C#N)CN(C)C(=O)c1cnn(C)c1. The first-order valence-corrected chi connectivity index (χ1v) is 4.68. The van der Waals surface area contributed by atoms with Crippen LogP contribution in [0.2, 0.25) is 0 Å². The molecule has 0 aromatic carbocycles. The quantitative estimate of drug-likeness (QED) is 0.729. The van der Waals surface area contributed by atoms with Crippen LogP contribution in [0.4, 0.5) is 0 Å². The number of nitrogens with zero attached hydrogens (tertiary/aromatic N) is 4. The summed E-state index contributed by atoms with van der Waals surface area (Å²) in [5, 5.41) is 12.6. The molecule has 1 rings (SSSR count). The van der Waals surface area contributed by atoms with Gasteiger partial charge >= 0.3 is 0 Å². The molecule has 1 aromatic rings. The molecule has 1 aromatic heterocycles. The monoisotopic (exact) mass is 206 g/mol. The maximum absolute atomic E-state index is 11.8. The van der Waals surface area contributed by atoms with Gasteiger partial charge in [-0.25, -0.2) is 0 Å². The molecule has 0 radical (unpaired) electrons. The normalized spacial score (nSPS) is 11.9. The van der Waals surface area contributed by atoms with E-state index in [1.54, 1.807) is 31.9 Å². The first-order chi connectivity index (χ1) is 7.04. The van der Waals surface area contributed by atoms with Crippen LogP contribution in [0.1, 0.15) is 17.3 Å². The fourth-order valence-corrected chi connectivity index (χ4v) is 1.29. The Bertz CT molecular complexity index is 390. The summed E-state index contributed by atoms with van der Waals surface area (Å²) in [6.45, 7) is 2.22. The highest BCUT2D eigenvalue weighted by molar-refractivity contribution is 5.93. The lowest BCUT2D eigenvalue weighted by Crippen LogP contribution is -2.30. The van der Waals surface area contributed by atoms with E-state index in [0.29, 0.717) is 12.1 Å². The van der Waals surface area contributed by atoms with Crippen molar-refractivity contribution in [2.24, 2.45) is 13.0 Å². The van der Waals surface area contributed by atoms with Gasteiger partial charge in [-0.3, -0.25) is 9.48 Å². The van der Waals surface area contributed by atoms with Crippen LogP contribution in [0.3, 0.4) is 0 Å². The number of hydrogen-bond acceptors (Lipinski definition) is 3. The number of carbonyl (C=O) groups is 1. The molecule has 0 aliphatic heterocycles. The second kappa shape index (κ2) is 4.60. The van der Waals surface area contributed by atoms with E-state index < -0.39 is 0 Å². The Balaban J connectivity index is 2.65. The summed E-state index contributed by atoms with van der Waals surface area (Å²) in [6.07, 6.45) is 3.19.